The third-order valence-corrected chi connectivity index (χ3v) is 3.56. The van der Waals surface area contributed by atoms with Gasteiger partial charge in [0.15, 0.2) is 0 Å². The van der Waals surface area contributed by atoms with Gasteiger partial charge in [-0.25, -0.2) is 0 Å². The van der Waals surface area contributed by atoms with Crippen LogP contribution in [0.4, 0.5) is 0 Å². The lowest BCUT2D eigenvalue weighted by Gasteiger charge is -2.08. The minimum atomic E-state index is 0.871. The van der Waals surface area contributed by atoms with Crippen LogP contribution in [0.2, 0.25) is 0 Å². The average molecular weight is 214 g/mol. The molecule has 14 heavy (non-hydrogen) atoms. The standard InChI is InChI=1S/C13H26S/c1-4-6-7-8-9-10-11-12-13(3)14-5-2/h4,6,13H,5,7-12H2,1-3H3/b6-4+. The lowest BCUT2D eigenvalue weighted by atomic mass is 10.1. The van der Waals surface area contributed by atoms with Crippen molar-refractivity contribution in [1.29, 1.82) is 0 Å². The van der Waals surface area contributed by atoms with Gasteiger partial charge in [0.1, 0.15) is 0 Å². The lowest BCUT2D eigenvalue weighted by molar-refractivity contribution is 0.616. The van der Waals surface area contributed by atoms with Crippen LogP contribution in [0.3, 0.4) is 0 Å². The zero-order valence-electron chi connectivity index (χ0n) is 10.1. The molecule has 84 valence electrons. The Labute approximate surface area is 94.6 Å². The molecule has 0 heterocycles. The van der Waals surface area contributed by atoms with E-state index in [1.807, 2.05) is 0 Å². The minimum absolute atomic E-state index is 0.871. The van der Waals surface area contributed by atoms with Gasteiger partial charge in [-0.1, -0.05) is 45.3 Å². The zero-order chi connectivity index (χ0) is 10.6. The van der Waals surface area contributed by atoms with Gasteiger partial charge in [0.25, 0.3) is 0 Å². The normalized spacial score (nSPS) is 13.6. The topological polar surface area (TPSA) is 0 Å². The quantitative estimate of drug-likeness (QED) is 0.382. The predicted molar refractivity (Wildman–Crippen MR) is 70.1 cm³/mol. The molecule has 0 spiro atoms. The highest BCUT2D eigenvalue weighted by Crippen LogP contribution is 2.17. The Morgan fingerprint density at radius 2 is 1.86 bits per heavy atom. The van der Waals surface area contributed by atoms with Crippen LogP contribution in [0, 0.1) is 0 Å². The summed E-state index contributed by atoms with van der Waals surface area (Å²) >= 11 is 2.09. The summed E-state index contributed by atoms with van der Waals surface area (Å²) in [6, 6.07) is 0. The largest absolute Gasteiger partial charge is 0.159 e. The number of rotatable bonds is 9. The fraction of sp³-hybridized carbons (Fsp3) is 0.846. The molecule has 0 saturated heterocycles. The van der Waals surface area contributed by atoms with Crippen LogP contribution in [0.1, 0.15) is 59.3 Å². The Balaban J connectivity index is 3.05. The summed E-state index contributed by atoms with van der Waals surface area (Å²) in [5, 5.41) is 0.871. The molecule has 0 bridgehead atoms. The first kappa shape index (κ1) is 14.1. The Morgan fingerprint density at radius 3 is 2.50 bits per heavy atom. The van der Waals surface area contributed by atoms with Crippen molar-refractivity contribution >= 4 is 11.8 Å². The third-order valence-electron chi connectivity index (χ3n) is 2.42. The van der Waals surface area contributed by atoms with Gasteiger partial charge < -0.3 is 0 Å². The van der Waals surface area contributed by atoms with E-state index in [4.69, 9.17) is 0 Å². The van der Waals surface area contributed by atoms with Crippen molar-refractivity contribution in [2.24, 2.45) is 0 Å². The summed E-state index contributed by atoms with van der Waals surface area (Å²) in [5.41, 5.74) is 0. The van der Waals surface area contributed by atoms with Crippen LogP contribution in [0.15, 0.2) is 12.2 Å². The summed E-state index contributed by atoms with van der Waals surface area (Å²) < 4.78 is 0. The van der Waals surface area contributed by atoms with Gasteiger partial charge in [-0.15, -0.1) is 0 Å². The van der Waals surface area contributed by atoms with Crippen molar-refractivity contribution in [3.8, 4) is 0 Å². The van der Waals surface area contributed by atoms with E-state index in [2.05, 4.69) is 44.7 Å². The Kier molecular flexibility index (Phi) is 11.2. The van der Waals surface area contributed by atoms with Crippen LogP contribution in [-0.2, 0) is 0 Å². The molecule has 1 atom stereocenters. The molecule has 0 rings (SSSR count). The van der Waals surface area contributed by atoms with Crippen LogP contribution in [0.5, 0.6) is 0 Å². The first-order valence-corrected chi connectivity index (χ1v) is 7.08. The van der Waals surface area contributed by atoms with Gasteiger partial charge in [0, 0.05) is 5.25 Å². The van der Waals surface area contributed by atoms with Gasteiger partial charge in [0.05, 0.1) is 0 Å². The van der Waals surface area contributed by atoms with Gasteiger partial charge in [0.2, 0.25) is 0 Å². The summed E-state index contributed by atoms with van der Waals surface area (Å²) in [5.74, 6) is 1.27. The van der Waals surface area contributed by atoms with E-state index in [0.717, 1.165) is 5.25 Å². The van der Waals surface area contributed by atoms with Crippen molar-refractivity contribution < 1.29 is 0 Å². The first-order chi connectivity index (χ1) is 6.81. The Bertz CT molecular complexity index is 129. The Morgan fingerprint density at radius 1 is 1.14 bits per heavy atom. The van der Waals surface area contributed by atoms with E-state index in [-0.39, 0.29) is 0 Å². The summed E-state index contributed by atoms with van der Waals surface area (Å²) in [4.78, 5) is 0. The number of hydrogen-bond donors (Lipinski definition) is 0. The monoisotopic (exact) mass is 214 g/mol. The van der Waals surface area contributed by atoms with Crippen molar-refractivity contribution in [3.05, 3.63) is 12.2 Å². The first-order valence-electron chi connectivity index (χ1n) is 6.04. The van der Waals surface area contributed by atoms with E-state index in [0.29, 0.717) is 0 Å². The van der Waals surface area contributed by atoms with Crippen molar-refractivity contribution in [1.82, 2.24) is 0 Å². The molecule has 0 aliphatic heterocycles. The smallest absolute Gasteiger partial charge is 0.00186 e. The molecule has 0 aromatic heterocycles. The molecule has 0 amide bonds. The van der Waals surface area contributed by atoms with Crippen molar-refractivity contribution in [3.63, 3.8) is 0 Å². The maximum atomic E-state index is 2.36. The number of thioether (sulfide) groups is 1. The highest BCUT2D eigenvalue weighted by Gasteiger charge is 1.99. The second-order valence-electron chi connectivity index (χ2n) is 3.83. The van der Waals surface area contributed by atoms with Gasteiger partial charge in [-0.3, -0.25) is 0 Å². The molecule has 1 unspecified atom stereocenters. The lowest BCUT2D eigenvalue weighted by Crippen LogP contribution is -1.96. The fourth-order valence-corrected chi connectivity index (χ4v) is 2.48. The molecular weight excluding hydrogens is 188 g/mol. The summed E-state index contributed by atoms with van der Waals surface area (Å²) in [7, 11) is 0. The van der Waals surface area contributed by atoms with E-state index < -0.39 is 0 Å². The molecule has 0 radical (unpaired) electrons. The highest BCUT2D eigenvalue weighted by atomic mass is 32.2. The number of allylic oxidation sites excluding steroid dienone is 2. The van der Waals surface area contributed by atoms with Crippen LogP contribution < -0.4 is 0 Å². The maximum absolute atomic E-state index is 2.36. The molecular formula is C13H26S. The van der Waals surface area contributed by atoms with Crippen LogP contribution in [0.25, 0.3) is 0 Å². The average Bonchev–Trinajstić information content (AvgIpc) is 2.17. The predicted octanol–water partition coefficient (Wildman–Crippen LogP) is 5.04. The molecule has 0 aliphatic rings. The number of hydrogen-bond acceptors (Lipinski definition) is 1. The van der Waals surface area contributed by atoms with Gasteiger partial charge >= 0.3 is 0 Å². The molecule has 0 nitrogen and oxygen atoms in total. The number of unbranched alkanes of at least 4 members (excludes halogenated alkanes) is 4. The molecule has 0 aromatic rings. The van der Waals surface area contributed by atoms with Crippen molar-refractivity contribution in [2.45, 2.75) is 64.5 Å². The molecule has 0 aliphatic carbocycles. The van der Waals surface area contributed by atoms with Crippen molar-refractivity contribution in [2.75, 3.05) is 5.75 Å². The Hall–Kier alpha value is 0.0900. The molecule has 0 N–H and O–H groups in total. The third kappa shape index (κ3) is 10.2. The minimum Gasteiger partial charge on any atom is -0.159 e. The highest BCUT2D eigenvalue weighted by molar-refractivity contribution is 7.99. The molecule has 0 saturated carbocycles. The van der Waals surface area contributed by atoms with Crippen LogP contribution in [-0.4, -0.2) is 11.0 Å². The van der Waals surface area contributed by atoms with Crippen LogP contribution >= 0.6 is 11.8 Å². The van der Waals surface area contributed by atoms with Gasteiger partial charge in [-0.05, 0) is 31.9 Å². The summed E-state index contributed by atoms with van der Waals surface area (Å²) in [6.45, 7) is 6.70. The summed E-state index contributed by atoms with van der Waals surface area (Å²) in [6.07, 6.45) is 12.7. The zero-order valence-corrected chi connectivity index (χ0v) is 10.9. The van der Waals surface area contributed by atoms with E-state index in [1.54, 1.807) is 0 Å². The second kappa shape index (κ2) is 11.2. The maximum Gasteiger partial charge on any atom is 0.00186 e. The van der Waals surface area contributed by atoms with Gasteiger partial charge in [-0.2, -0.15) is 11.8 Å². The molecule has 0 aromatic carbocycles. The molecule has 0 fully saturated rings. The fourth-order valence-electron chi connectivity index (χ4n) is 1.58. The van der Waals surface area contributed by atoms with E-state index in [1.165, 1.54) is 44.3 Å². The van der Waals surface area contributed by atoms with E-state index >= 15 is 0 Å². The SMILES string of the molecule is C/C=C/CCCCCCC(C)SCC. The molecule has 1 heteroatoms. The van der Waals surface area contributed by atoms with E-state index in [9.17, 15) is 0 Å². The second-order valence-corrected chi connectivity index (χ2v) is 5.54.